The molecule has 1 amide bonds. The second kappa shape index (κ2) is 8.95. The van der Waals surface area contributed by atoms with Crippen molar-refractivity contribution in [2.75, 3.05) is 32.1 Å². The molecule has 1 saturated heterocycles. The van der Waals surface area contributed by atoms with Gasteiger partial charge in [0.15, 0.2) is 0 Å². The molecule has 0 aliphatic carbocycles. The zero-order valence-corrected chi connectivity index (χ0v) is 17.4. The van der Waals surface area contributed by atoms with E-state index in [0.29, 0.717) is 47.5 Å². The molecule has 1 aliphatic rings. The fraction of sp³-hybridized carbons (Fsp3) is 0.562. The van der Waals surface area contributed by atoms with Crippen molar-refractivity contribution in [2.24, 2.45) is 0 Å². The van der Waals surface area contributed by atoms with Crippen molar-refractivity contribution in [3.63, 3.8) is 0 Å². The molecule has 0 unspecified atom stereocenters. The summed E-state index contributed by atoms with van der Waals surface area (Å²) < 4.78 is 24.6. The maximum atomic E-state index is 12.3. The zero-order valence-electron chi connectivity index (χ0n) is 14.2. The lowest BCUT2D eigenvalue weighted by Crippen LogP contribution is -2.47. The minimum Gasteiger partial charge on any atom is -0.342 e. The Bertz CT molecular complexity index is 720. The molecule has 0 bridgehead atoms. The Morgan fingerprint density at radius 3 is 2.52 bits per heavy atom. The first kappa shape index (κ1) is 20.8. The van der Waals surface area contributed by atoms with Gasteiger partial charge in [0, 0.05) is 42.0 Å². The van der Waals surface area contributed by atoms with E-state index in [4.69, 9.17) is 23.2 Å². The van der Waals surface area contributed by atoms with E-state index in [-0.39, 0.29) is 11.9 Å². The predicted octanol–water partition coefficient (Wildman–Crippen LogP) is 3.11. The molecular weight excluding hydrogens is 403 g/mol. The van der Waals surface area contributed by atoms with Gasteiger partial charge in [-0.05, 0) is 30.5 Å². The SMILES string of the molecule is CN(C1CCN(C(=O)CSCc2ccc(Cl)cc2Cl)CC1)S(C)(=O)=O. The molecule has 1 aromatic rings. The Labute approximate surface area is 163 Å². The van der Waals surface area contributed by atoms with Crippen LogP contribution < -0.4 is 0 Å². The van der Waals surface area contributed by atoms with Crippen LogP contribution in [0.25, 0.3) is 0 Å². The van der Waals surface area contributed by atoms with Gasteiger partial charge in [-0.1, -0.05) is 29.3 Å². The van der Waals surface area contributed by atoms with Crippen LogP contribution in [-0.4, -0.2) is 61.7 Å². The van der Waals surface area contributed by atoms with Crippen molar-refractivity contribution in [3.8, 4) is 0 Å². The van der Waals surface area contributed by atoms with Crippen LogP contribution in [0.1, 0.15) is 18.4 Å². The Morgan fingerprint density at radius 2 is 1.96 bits per heavy atom. The van der Waals surface area contributed by atoms with Crippen molar-refractivity contribution in [3.05, 3.63) is 33.8 Å². The predicted molar refractivity (Wildman–Crippen MR) is 105 cm³/mol. The van der Waals surface area contributed by atoms with Gasteiger partial charge in [0.05, 0.1) is 12.0 Å². The number of sulfonamides is 1. The van der Waals surface area contributed by atoms with E-state index >= 15 is 0 Å². The van der Waals surface area contributed by atoms with Crippen LogP contribution in [0, 0.1) is 0 Å². The summed E-state index contributed by atoms with van der Waals surface area (Å²) in [6, 6.07) is 5.33. The number of amides is 1. The first-order valence-corrected chi connectivity index (χ1v) is 11.7. The highest BCUT2D eigenvalue weighted by Gasteiger charge is 2.28. The maximum Gasteiger partial charge on any atom is 0.232 e. The lowest BCUT2D eigenvalue weighted by Gasteiger charge is -2.35. The van der Waals surface area contributed by atoms with Crippen molar-refractivity contribution in [2.45, 2.75) is 24.6 Å². The number of rotatable bonds is 6. The van der Waals surface area contributed by atoms with Gasteiger partial charge >= 0.3 is 0 Å². The van der Waals surface area contributed by atoms with Crippen molar-refractivity contribution in [1.82, 2.24) is 9.21 Å². The quantitative estimate of drug-likeness (QED) is 0.703. The number of hydrogen-bond donors (Lipinski definition) is 0. The third-order valence-corrected chi connectivity index (χ3v) is 7.25. The Kier molecular flexibility index (Phi) is 7.46. The molecule has 1 aliphatic heterocycles. The Hall–Kier alpha value is -0.470. The van der Waals surface area contributed by atoms with Gasteiger partial charge in [-0.2, -0.15) is 0 Å². The van der Waals surface area contributed by atoms with E-state index in [2.05, 4.69) is 0 Å². The minimum atomic E-state index is -3.19. The molecule has 0 radical (unpaired) electrons. The second-order valence-corrected chi connectivity index (χ2v) is 9.99. The average Bonchev–Trinajstić information content (AvgIpc) is 2.55. The summed E-state index contributed by atoms with van der Waals surface area (Å²) in [5, 5.41) is 1.20. The topological polar surface area (TPSA) is 57.7 Å². The summed E-state index contributed by atoms with van der Waals surface area (Å²) in [4.78, 5) is 14.1. The summed E-state index contributed by atoms with van der Waals surface area (Å²) in [7, 11) is -1.59. The number of likely N-dealkylation sites (tertiary alicyclic amines) is 1. The van der Waals surface area contributed by atoms with Crippen LogP contribution in [0.4, 0.5) is 0 Å². The standard InChI is InChI=1S/C16H22Cl2N2O3S2/c1-19(25(2,22)23)14-5-7-20(8-6-14)16(21)11-24-10-12-3-4-13(17)9-15(12)18/h3-4,9,14H,5-8,10-11H2,1-2H3. The highest BCUT2D eigenvalue weighted by atomic mass is 35.5. The molecule has 9 heteroatoms. The first-order chi connectivity index (χ1) is 11.7. The molecule has 0 N–H and O–H groups in total. The third kappa shape index (κ3) is 6.03. The van der Waals surface area contributed by atoms with Crippen LogP contribution in [0.5, 0.6) is 0 Å². The van der Waals surface area contributed by atoms with E-state index < -0.39 is 10.0 Å². The number of thioether (sulfide) groups is 1. The Morgan fingerprint density at radius 1 is 1.32 bits per heavy atom. The van der Waals surface area contributed by atoms with Crippen LogP contribution in [0.3, 0.4) is 0 Å². The smallest absolute Gasteiger partial charge is 0.232 e. The van der Waals surface area contributed by atoms with Crippen molar-refractivity contribution >= 4 is 50.9 Å². The van der Waals surface area contributed by atoms with Gasteiger partial charge < -0.3 is 4.90 Å². The minimum absolute atomic E-state index is 0.0282. The molecule has 25 heavy (non-hydrogen) atoms. The van der Waals surface area contributed by atoms with Crippen molar-refractivity contribution < 1.29 is 13.2 Å². The highest BCUT2D eigenvalue weighted by molar-refractivity contribution is 7.99. The highest BCUT2D eigenvalue weighted by Crippen LogP contribution is 2.25. The third-order valence-electron chi connectivity index (χ3n) is 4.35. The normalized spacial score (nSPS) is 16.4. The number of benzene rings is 1. The van der Waals surface area contributed by atoms with Crippen LogP contribution in [0.15, 0.2) is 18.2 Å². The van der Waals surface area contributed by atoms with Gasteiger partial charge in [0.25, 0.3) is 0 Å². The van der Waals surface area contributed by atoms with Gasteiger partial charge in [-0.25, -0.2) is 12.7 Å². The average molecular weight is 425 g/mol. The number of halogens is 2. The Balaban J connectivity index is 1.77. The zero-order chi connectivity index (χ0) is 18.6. The van der Waals surface area contributed by atoms with Crippen molar-refractivity contribution in [1.29, 1.82) is 0 Å². The fourth-order valence-corrected chi connectivity index (χ4v) is 4.97. The lowest BCUT2D eigenvalue weighted by molar-refractivity contribution is -0.129. The van der Waals surface area contributed by atoms with E-state index in [9.17, 15) is 13.2 Å². The fourth-order valence-electron chi connectivity index (χ4n) is 2.73. The molecule has 0 spiro atoms. The largest absolute Gasteiger partial charge is 0.342 e. The molecule has 1 aromatic carbocycles. The van der Waals surface area contributed by atoms with Crippen LogP contribution in [-0.2, 0) is 20.6 Å². The number of carbonyl (C=O) groups is 1. The van der Waals surface area contributed by atoms with Gasteiger partial charge in [0.2, 0.25) is 15.9 Å². The molecule has 2 rings (SSSR count). The number of piperidine rings is 1. The summed E-state index contributed by atoms with van der Waals surface area (Å²) in [6.45, 7) is 1.18. The molecule has 1 fully saturated rings. The number of carbonyl (C=O) groups excluding carboxylic acids is 1. The second-order valence-electron chi connectivity index (χ2n) is 6.12. The van der Waals surface area contributed by atoms with Crippen LogP contribution in [0.2, 0.25) is 10.0 Å². The molecule has 5 nitrogen and oxygen atoms in total. The van der Waals surface area contributed by atoms with E-state index in [1.165, 1.54) is 22.3 Å². The molecule has 1 heterocycles. The van der Waals surface area contributed by atoms with Gasteiger partial charge in [-0.15, -0.1) is 11.8 Å². The summed E-state index contributed by atoms with van der Waals surface area (Å²) in [5.41, 5.74) is 0.956. The van der Waals surface area contributed by atoms with Gasteiger partial charge in [0.1, 0.15) is 0 Å². The molecule has 140 valence electrons. The molecule has 0 aromatic heterocycles. The maximum absolute atomic E-state index is 12.3. The van der Waals surface area contributed by atoms with E-state index in [0.717, 1.165) is 5.56 Å². The lowest BCUT2D eigenvalue weighted by atomic mass is 10.1. The molecule has 0 saturated carbocycles. The number of nitrogens with zero attached hydrogens (tertiary/aromatic N) is 2. The van der Waals surface area contributed by atoms with E-state index in [1.54, 1.807) is 19.2 Å². The van der Waals surface area contributed by atoms with Crippen LogP contribution >= 0.6 is 35.0 Å². The monoisotopic (exact) mass is 424 g/mol. The van der Waals surface area contributed by atoms with Gasteiger partial charge in [-0.3, -0.25) is 4.79 Å². The summed E-state index contributed by atoms with van der Waals surface area (Å²) >= 11 is 13.5. The van der Waals surface area contributed by atoms with E-state index in [1.807, 2.05) is 11.0 Å². The summed E-state index contributed by atoms with van der Waals surface area (Å²) in [6.07, 6.45) is 2.55. The molecule has 0 atom stereocenters. The summed E-state index contributed by atoms with van der Waals surface area (Å²) in [5.74, 6) is 1.11. The molecular formula is C16H22Cl2N2O3S2. The first-order valence-electron chi connectivity index (χ1n) is 7.91. The number of hydrogen-bond acceptors (Lipinski definition) is 4.